The monoisotopic (exact) mass is 372 g/mol. The van der Waals surface area contributed by atoms with Gasteiger partial charge in [-0.3, -0.25) is 4.72 Å². The van der Waals surface area contributed by atoms with Gasteiger partial charge in [0, 0.05) is 18.6 Å². The molecule has 0 saturated carbocycles. The fourth-order valence-corrected chi connectivity index (χ4v) is 4.03. The van der Waals surface area contributed by atoms with Gasteiger partial charge in [-0.25, -0.2) is 13.4 Å². The average molecular weight is 372 g/mol. The van der Waals surface area contributed by atoms with Crippen LogP contribution >= 0.6 is 0 Å². The molecule has 2 aromatic carbocycles. The Bertz CT molecular complexity index is 1090. The molecule has 0 spiro atoms. The number of hydrogen-bond acceptors (Lipinski definition) is 6. The van der Waals surface area contributed by atoms with Crippen LogP contribution in [0, 0.1) is 13.8 Å². The van der Waals surface area contributed by atoms with E-state index in [-0.39, 0.29) is 11.7 Å². The van der Waals surface area contributed by atoms with E-state index in [9.17, 15) is 8.42 Å². The molecule has 2 heterocycles. The summed E-state index contributed by atoms with van der Waals surface area (Å²) in [6, 6.07) is 10.0. The Labute approximate surface area is 150 Å². The summed E-state index contributed by atoms with van der Waals surface area (Å²) in [5, 5.41) is 0. The molecule has 26 heavy (non-hydrogen) atoms. The van der Waals surface area contributed by atoms with Crippen molar-refractivity contribution in [2.24, 2.45) is 0 Å². The van der Waals surface area contributed by atoms with Crippen molar-refractivity contribution in [2.45, 2.75) is 18.7 Å². The highest BCUT2D eigenvalue weighted by Gasteiger charge is 2.21. The van der Waals surface area contributed by atoms with Gasteiger partial charge in [0.05, 0.1) is 16.8 Å². The largest absolute Gasteiger partial charge is 0.454 e. The third-order valence-corrected chi connectivity index (χ3v) is 5.53. The van der Waals surface area contributed by atoms with E-state index in [1.807, 2.05) is 0 Å². The summed E-state index contributed by atoms with van der Waals surface area (Å²) < 4.78 is 44.4. The maximum atomic E-state index is 12.9. The molecule has 7 nitrogen and oxygen atoms in total. The molecule has 0 aliphatic carbocycles. The minimum atomic E-state index is -3.79. The smallest absolute Gasteiger partial charge is 0.262 e. The van der Waals surface area contributed by atoms with Crippen LogP contribution in [0.25, 0.3) is 11.3 Å². The number of anilines is 1. The molecule has 4 rings (SSSR count). The van der Waals surface area contributed by atoms with Crippen LogP contribution in [0.5, 0.6) is 11.5 Å². The number of nitrogens with one attached hydrogen (secondary N) is 1. The molecule has 0 atom stereocenters. The minimum Gasteiger partial charge on any atom is -0.454 e. The molecule has 134 valence electrons. The molecular formula is C18H16N2O5S. The van der Waals surface area contributed by atoms with Gasteiger partial charge in [-0.05, 0) is 30.7 Å². The number of hydrogen-bond donors (Lipinski definition) is 1. The van der Waals surface area contributed by atoms with E-state index in [2.05, 4.69) is 9.71 Å². The fourth-order valence-electron chi connectivity index (χ4n) is 2.71. The lowest BCUT2D eigenvalue weighted by atomic mass is 10.1. The molecule has 0 unspecified atom stereocenters. The molecule has 1 aliphatic rings. The summed E-state index contributed by atoms with van der Waals surface area (Å²) in [6.07, 6.45) is 1.57. The van der Waals surface area contributed by atoms with Gasteiger partial charge >= 0.3 is 0 Å². The molecule has 0 radical (unpaired) electrons. The second-order valence-corrected chi connectivity index (χ2v) is 7.55. The van der Waals surface area contributed by atoms with Crippen molar-refractivity contribution in [2.75, 3.05) is 11.5 Å². The zero-order valence-corrected chi connectivity index (χ0v) is 15.0. The number of nitrogens with zero attached hydrogens (tertiary/aromatic N) is 1. The minimum absolute atomic E-state index is 0.128. The van der Waals surface area contributed by atoms with E-state index in [1.165, 1.54) is 0 Å². The maximum Gasteiger partial charge on any atom is 0.262 e. The molecule has 0 amide bonds. The fraction of sp³-hybridized carbons (Fsp3) is 0.167. The molecule has 0 bridgehead atoms. The van der Waals surface area contributed by atoms with Gasteiger partial charge in [-0.2, -0.15) is 0 Å². The second-order valence-electron chi connectivity index (χ2n) is 5.90. The third-order valence-electron chi connectivity index (χ3n) is 4.01. The lowest BCUT2D eigenvalue weighted by Gasteiger charge is -2.12. The highest BCUT2D eigenvalue weighted by Crippen LogP contribution is 2.35. The number of sulfonamides is 1. The zero-order chi connectivity index (χ0) is 18.3. The van der Waals surface area contributed by atoms with Crippen molar-refractivity contribution in [1.82, 2.24) is 4.98 Å². The zero-order valence-electron chi connectivity index (χ0n) is 14.1. The molecule has 3 aromatic rings. The van der Waals surface area contributed by atoms with Crippen LogP contribution in [0.3, 0.4) is 0 Å². The first-order valence-corrected chi connectivity index (χ1v) is 9.37. The molecule has 1 aromatic heterocycles. The molecular weight excluding hydrogens is 356 g/mol. The van der Waals surface area contributed by atoms with Gasteiger partial charge in [0.2, 0.25) is 6.79 Å². The normalized spacial score (nSPS) is 13.0. The SMILES string of the molecule is Cc1ncc(-c2ccc(C)c(S(=O)(=O)Nc3ccc4c(c3)OCO4)c2)o1. The van der Waals surface area contributed by atoms with Crippen LogP contribution in [0.4, 0.5) is 5.69 Å². The van der Waals surface area contributed by atoms with Gasteiger partial charge in [0.15, 0.2) is 23.1 Å². The van der Waals surface area contributed by atoms with Crippen LogP contribution in [0.2, 0.25) is 0 Å². The Morgan fingerprint density at radius 2 is 1.85 bits per heavy atom. The summed E-state index contributed by atoms with van der Waals surface area (Å²) in [6.45, 7) is 3.60. The Morgan fingerprint density at radius 1 is 1.04 bits per heavy atom. The number of ether oxygens (including phenoxy) is 2. The first kappa shape index (κ1) is 16.5. The predicted octanol–water partition coefficient (Wildman–Crippen LogP) is 3.49. The van der Waals surface area contributed by atoms with E-state index in [0.29, 0.717) is 40.0 Å². The molecule has 1 aliphatic heterocycles. The third kappa shape index (κ3) is 2.99. The summed E-state index contributed by atoms with van der Waals surface area (Å²) in [7, 11) is -3.79. The van der Waals surface area contributed by atoms with E-state index >= 15 is 0 Å². The Hall–Kier alpha value is -3.00. The van der Waals surface area contributed by atoms with Crippen LogP contribution in [-0.4, -0.2) is 20.2 Å². The van der Waals surface area contributed by atoms with Crippen LogP contribution in [0.1, 0.15) is 11.5 Å². The Morgan fingerprint density at radius 3 is 2.62 bits per heavy atom. The number of rotatable bonds is 4. The summed E-state index contributed by atoms with van der Waals surface area (Å²) >= 11 is 0. The molecule has 1 N–H and O–H groups in total. The van der Waals surface area contributed by atoms with E-state index < -0.39 is 10.0 Å². The standard InChI is InChI=1S/C18H16N2O5S/c1-11-3-4-13(17-9-19-12(2)25-17)7-18(11)26(21,22)20-14-5-6-15-16(8-14)24-10-23-15/h3-9,20H,10H2,1-2H3. The highest BCUT2D eigenvalue weighted by atomic mass is 32.2. The van der Waals surface area contributed by atoms with Crippen molar-refractivity contribution in [1.29, 1.82) is 0 Å². The van der Waals surface area contributed by atoms with Gasteiger partial charge in [0.25, 0.3) is 10.0 Å². The van der Waals surface area contributed by atoms with Crippen LogP contribution in [0.15, 0.2) is 51.9 Å². The van der Waals surface area contributed by atoms with Gasteiger partial charge in [-0.1, -0.05) is 12.1 Å². The van der Waals surface area contributed by atoms with E-state index in [0.717, 1.165) is 0 Å². The number of aryl methyl sites for hydroxylation is 2. The van der Waals surface area contributed by atoms with Crippen LogP contribution in [-0.2, 0) is 10.0 Å². The molecule has 0 fully saturated rings. The maximum absolute atomic E-state index is 12.9. The quantitative estimate of drug-likeness (QED) is 0.754. The van der Waals surface area contributed by atoms with Crippen molar-refractivity contribution in [3.8, 4) is 22.8 Å². The first-order chi connectivity index (χ1) is 12.4. The first-order valence-electron chi connectivity index (χ1n) is 7.88. The summed E-state index contributed by atoms with van der Waals surface area (Å²) in [5.41, 5.74) is 1.66. The number of oxazole rings is 1. The van der Waals surface area contributed by atoms with Gasteiger partial charge < -0.3 is 13.9 Å². The average Bonchev–Trinajstić information content (AvgIpc) is 3.23. The van der Waals surface area contributed by atoms with Gasteiger partial charge in [0.1, 0.15) is 0 Å². The van der Waals surface area contributed by atoms with Crippen LogP contribution < -0.4 is 14.2 Å². The second kappa shape index (κ2) is 6.06. The van der Waals surface area contributed by atoms with Crippen molar-refractivity contribution < 1.29 is 22.3 Å². The Balaban J connectivity index is 1.69. The topological polar surface area (TPSA) is 90.7 Å². The number of fused-ring (bicyclic) bond motifs is 1. The summed E-state index contributed by atoms with van der Waals surface area (Å²) in [4.78, 5) is 4.22. The number of benzene rings is 2. The molecule has 8 heteroatoms. The highest BCUT2D eigenvalue weighted by molar-refractivity contribution is 7.92. The number of aromatic nitrogens is 1. The predicted molar refractivity (Wildman–Crippen MR) is 94.8 cm³/mol. The van der Waals surface area contributed by atoms with Crippen molar-refractivity contribution >= 4 is 15.7 Å². The van der Waals surface area contributed by atoms with Crippen molar-refractivity contribution in [3.63, 3.8) is 0 Å². The Kier molecular flexibility index (Phi) is 3.84. The summed E-state index contributed by atoms with van der Waals surface area (Å²) in [5.74, 6) is 2.13. The van der Waals surface area contributed by atoms with Gasteiger partial charge in [-0.15, -0.1) is 0 Å². The lowest BCUT2D eigenvalue weighted by molar-refractivity contribution is 0.174. The lowest BCUT2D eigenvalue weighted by Crippen LogP contribution is -2.14. The van der Waals surface area contributed by atoms with Crippen molar-refractivity contribution in [3.05, 3.63) is 54.0 Å². The molecule has 0 saturated heterocycles. The van der Waals surface area contributed by atoms with E-state index in [1.54, 1.807) is 56.4 Å². The van der Waals surface area contributed by atoms with E-state index in [4.69, 9.17) is 13.9 Å².